The van der Waals surface area contributed by atoms with Crippen LogP contribution in [0.3, 0.4) is 0 Å². The number of hydrogen-bond acceptors (Lipinski definition) is 7. The molecule has 4 heterocycles. The fourth-order valence-corrected chi connectivity index (χ4v) is 3.08. The number of aromatic nitrogens is 6. The third-order valence-electron chi connectivity index (χ3n) is 4.55. The Morgan fingerprint density at radius 3 is 2.40 bits per heavy atom. The van der Waals surface area contributed by atoms with Crippen LogP contribution in [0.15, 0.2) is 24.9 Å². The Morgan fingerprint density at radius 1 is 0.920 bits per heavy atom. The van der Waals surface area contributed by atoms with Crippen molar-refractivity contribution in [3.05, 3.63) is 30.6 Å². The summed E-state index contributed by atoms with van der Waals surface area (Å²) in [6.07, 6.45) is 5.04. The number of anilines is 2. The molecule has 4 rings (SSSR count). The molecule has 1 aliphatic rings. The minimum atomic E-state index is 0.0212. The van der Waals surface area contributed by atoms with E-state index in [1.165, 1.54) is 0 Å². The van der Waals surface area contributed by atoms with Gasteiger partial charge in [-0.3, -0.25) is 5.10 Å². The minimum Gasteiger partial charge on any atom is -0.353 e. The van der Waals surface area contributed by atoms with E-state index in [9.17, 15) is 0 Å². The predicted molar refractivity (Wildman–Crippen MR) is 96.8 cm³/mol. The third kappa shape index (κ3) is 2.99. The molecule has 8 heteroatoms. The lowest BCUT2D eigenvalue weighted by atomic mass is 9.92. The van der Waals surface area contributed by atoms with Gasteiger partial charge in [-0.25, -0.2) is 19.9 Å². The zero-order valence-corrected chi connectivity index (χ0v) is 14.8. The van der Waals surface area contributed by atoms with Crippen LogP contribution in [-0.2, 0) is 5.41 Å². The number of fused-ring (bicyclic) bond motifs is 1. The highest BCUT2D eigenvalue weighted by atomic mass is 15.3. The van der Waals surface area contributed by atoms with E-state index in [2.05, 4.69) is 66.8 Å². The summed E-state index contributed by atoms with van der Waals surface area (Å²) in [5, 5.41) is 7.94. The van der Waals surface area contributed by atoms with Gasteiger partial charge >= 0.3 is 0 Å². The van der Waals surface area contributed by atoms with E-state index in [0.717, 1.165) is 54.5 Å². The van der Waals surface area contributed by atoms with Gasteiger partial charge in [-0.05, 0) is 0 Å². The number of rotatable bonds is 2. The molecule has 1 saturated heterocycles. The summed E-state index contributed by atoms with van der Waals surface area (Å²) >= 11 is 0. The van der Waals surface area contributed by atoms with Gasteiger partial charge < -0.3 is 9.80 Å². The minimum absolute atomic E-state index is 0.0212. The summed E-state index contributed by atoms with van der Waals surface area (Å²) in [5.41, 5.74) is 1.86. The lowest BCUT2D eigenvalue weighted by Crippen LogP contribution is -2.47. The van der Waals surface area contributed by atoms with Crippen LogP contribution >= 0.6 is 0 Å². The highest BCUT2D eigenvalue weighted by molar-refractivity contribution is 5.86. The Morgan fingerprint density at radius 2 is 1.64 bits per heavy atom. The molecule has 0 aliphatic carbocycles. The summed E-state index contributed by atoms with van der Waals surface area (Å²) in [6, 6.07) is 2.11. The van der Waals surface area contributed by atoms with Crippen LogP contribution in [0.5, 0.6) is 0 Å². The van der Waals surface area contributed by atoms with Crippen LogP contribution in [0.1, 0.15) is 26.5 Å². The number of H-pyrrole nitrogens is 1. The van der Waals surface area contributed by atoms with Gasteiger partial charge in [-0.15, -0.1) is 0 Å². The molecule has 1 aliphatic heterocycles. The number of nitrogens with one attached hydrogen (secondary N) is 1. The van der Waals surface area contributed by atoms with E-state index in [-0.39, 0.29) is 5.41 Å². The first-order valence-electron chi connectivity index (χ1n) is 8.49. The van der Waals surface area contributed by atoms with E-state index in [1.807, 2.05) is 0 Å². The first-order chi connectivity index (χ1) is 12.0. The second-order valence-electron chi connectivity index (χ2n) is 7.32. The molecule has 3 aromatic heterocycles. The molecule has 0 unspecified atom stereocenters. The van der Waals surface area contributed by atoms with Gasteiger partial charge in [-0.2, -0.15) is 5.10 Å². The molecule has 0 saturated carbocycles. The second-order valence-corrected chi connectivity index (χ2v) is 7.32. The van der Waals surface area contributed by atoms with Gasteiger partial charge in [0.2, 0.25) is 0 Å². The summed E-state index contributed by atoms with van der Waals surface area (Å²) in [4.78, 5) is 22.1. The topological polar surface area (TPSA) is 86.7 Å². The zero-order chi connectivity index (χ0) is 17.4. The zero-order valence-electron chi connectivity index (χ0n) is 14.8. The Balaban J connectivity index is 1.51. The Bertz CT molecular complexity index is 873. The summed E-state index contributed by atoms with van der Waals surface area (Å²) < 4.78 is 0. The molecule has 3 aromatic rings. The second kappa shape index (κ2) is 5.94. The average Bonchev–Trinajstić information content (AvgIpc) is 3.10. The maximum absolute atomic E-state index is 4.47. The molecule has 1 N–H and O–H groups in total. The SMILES string of the molecule is CC(C)(C)c1cc(N2CCN(c3ncnc4[nH]ncc34)CC2)ncn1. The number of nitrogens with zero attached hydrogens (tertiary/aromatic N) is 7. The lowest BCUT2D eigenvalue weighted by molar-refractivity contribution is 0.564. The standard InChI is InChI=1S/C17H22N8/c1-17(2,3)13-8-14(19-10-18-13)24-4-6-25(7-5-24)16-12-9-22-23-15(12)20-11-21-16/h8-11H,4-7H2,1-3H3,(H,20,21,22,23). The first-order valence-corrected chi connectivity index (χ1v) is 8.49. The highest BCUT2D eigenvalue weighted by Crippen LogP contribution is 2.25. The quantitative estimate of drug-likeness (QED) is 0.762. The number of hydrogen-bond donors (Lipinski definition) is 1. The van der Waals surface area contributed by atoms with Crippen molar-refractivity contribution >= 4 is 22.7 Å². The van der Waals surface area contributed by atoms with Crippen molar-refractivity contribution in [2.24, 2.45) is 0 Å². The van der Waals surface area contributed by atoms with Crippen LogP contribution in [-0.4, -0.2) is 56.3 Å². The van der Waals surface area contributed by atoms with Crippen LogP contribution in [0.2, 0.25) is 0 Å². The molecule has 25 heavy (non-hydrogen) atoms. The summed E-state index contributed by atoms with van der Waals surface area (Å²) in [7, 11) is 0. The molecule has 0 aromatic carbocycles. The molecule has 0 spiro atoms. The van der Waals surface area contributed by atoms with E-state index in [0.29, 0.717) is 0 Å². The van der Waals surface area contributed by atoms with Crippen molar-refractivity contribution in [3.8, 4) is 0 Å². The Kier molecular flexibility index (Phi) is 3.74. The van der Waals surface area contributed by atoms with E-state index in [4.69, 9.17) is 0 Å². The van der Waals surface area contributed by atoms with Crippen molar-refractivity contribution < 1.29 is 0 Å². The highest BCUT2D eigenvalue weighted by Gasteiger charge is 2.23. The Labute approximate surface area is 146 Å². The molecule has 0 bridgehead atoms. The molecular weight excluding hydrogens is 316 g/mol. The normalized spacial score (nSPS) is 15.8. The van der Waals surface area contributed by atoms with Gasteiger partial charge in [0.25, 0.3) is 0 Å². The lowest BCUT2D eigenvalue weighted by Gasteiger charge is -2.36. The average molecular weight is 338 g/mol. The van der Waals surface area contributed by atoms with Crippen molar-refractivity contribution in [1.82, 2.24) is 30.1 Å². The van der Waals surface area contributed by atoms with E-state index < -0.39 is 0 Å². The number of aromatic amines is 1. The maximum atomic E-state index is 4.47. The summed E-state index contributed by atoms with van der Waals surface area (Å²) in [6.45, 7) is 10.1. The monoisotopic (exact) mass is 338 g/mol. The van der Waals surface area contributed by atoms with Crippen LogP contribution in [0, 0.1) is 0 Å². The predicted octanol–water partition coefficient (Wildman–Crippen LogP) is 1.77. The molecule has 0 amide bonds. The molecule has 8 nitrogen and oxygen atoms in total. The molecular formula is C17H22N8. The van der Waals surface area contributed by atoms with Gasteiger partial charge in [0.15, 0.2) is 5.65 Å². The fraction of sp³-hybridized carbons (Fsp3) is 0.471. The van der Waals surface area contributed by atoms with Gasteiger partial charge in [0.1, 0.15) is 24.3 Å². The fourth-order valence-electron chi connectivity index (χ4n) is 3.08. The maximum Gasteiger partial charge on any atom is 0.160 e. The van der Waals surface area contributed by atoms with Crippen LogP contribution in [0.25, 0.3) is 11.0 Å². The van der Waals surface area contributed by atoms with Crippen molar-refractivity contribution in [2.45, 2.75) is 26.2 Å². The smallest absolute Gasteiger partial charge is 0.160 e. The number of piperazine rings is 1. The van der Waals surface area contributed by atoms with E-state index in [1.54, 1.807) is 18.9 Å². The van der Waals surface area contributed by atoms with Gasteiger partial charge in [0, 0.05) is 37.7 Å². The Hall–Kier alpha value is -2.77. The van der Waals surface area contributed by atoms with Crippen LogP contribution in [0.4, 0.5) is 11.6 Å². The molecule has 1 fully saturated rings. The van der Waals surface area contributed by atoms with Gasteiger partial charge in [-0.1, -0.05) is 20.8 Å². The summed E-state index contributed by atoms with van der Waals surface area (Å²) in [5.74, 6) is 1.94. The van der Waals surface area contributed by atoms with E-state index >= 15 is 0 Å². The first kappa shape index (κ1) is 15.7. The van der Waals surface area contributed by atoms with Crippen molar-refractivity contribution in [1.29, 1.82) is 0 Å². The largest absolute Gasteiger partial charge is 0.353 e. The molecule has 130 valence electrons. The molecule has 0 atom stereocenters. The molecule has 0 radical (unpaired) electrons. The van der Waals surface area contributed by atoms with Crippen molar-refractivity contribution in [2.75, 3.05) is 36.0 Å². The third-order valence-corrected chi connectivity index (χ3v) is 4.55. The van der Waals surface area contributed by atoms with Gasteiger partial charge in [0.05, 0.1) is 17.3 Å². The van der Waals surface area contributed by atoms with Crippen molar-refractivity contribution in [3.63, 3.8) is 0 Å². The van der Waals surface area contributed by atoms with Crippen LogP contribution < -0.4 is 9.80 Å².